The molecule has 2 rings (SSSR count). The first-order valence-electron chi connectivity index (χ1n) is 9.89. The Hall–Kier alpha value is -0.610. The molecular formula is C19H37IN4O3. The number of esters is 1. The Labute approximate surface area is 181 Å². The lowest BCUT2D eigenvalue weighted by Gasteiger charge is -2.33. The number of likely N-dealkylation sites (tertiary alicyclic amines) is 1. The summed E-state index contributed by atoms with van der Waals surface area (Å²) in [5.74, 6) is 1.58. The van der Waals surface area contributed by atoms with Gasteiger partial charge in [-0.15, -0.1) is 24.0 Å². The second-order valence-electron chi connectivity index (χ2n) is 7.85. The highest BCUT2D eigenvalue weighted by molar-refractivity contribution is 14.0. The van der Waals surface area contributed by atoms with Crippen molar-refractivity contribution < 1.29 is 14.3 Å². The van der Waals surface area contributed by atoms with E-state index in [1.54, 1.807) is 0 Å². The summed E-state index contributed by atoms with van der Waals surface area (Å²) in [5.41, 5.74) is 0. The van der Waals surface area contributed by atoms with Crippen molar-refractivity contribution in [1.82, 2.24) is 15.1 Å². The Morgan fingerprint density at radius 1 is 1.33 bits per heavy atom. The van der Waals surface area contributed by atoms with Crippen LogP contribution in [0.3, 0.4) is 0 Å². The summed E-state index contributed by atoms with van der Waals surface area (Å²) in [6.07, 6.45) is 0.132. The molecule has 0 aliphatic carbocycles. The van der Waals surface area contributed by atoms with Gasteiger partial charge in [0.05, 0.1) is 32.3 Å². The summed E-state index contributed by atoms with van der Waals surface area (Å²) in [6.45, 7) is 15.4. The van der Waals surface area contributed by atoms with Gasteiger partial charge in [-0.2, -0.15) is 0 Å². The first-order valence-corrected chi connectivity index (χ1v) is 9.89. The van der Waals surface area contributed by atoms with E-state index in [0.29, 0.717) is 19.0 Å². The van der Waals surface area contributed by atoms with Crippen molar-refractivity contribution in [2.75, 3.05) is 59.5 Å². The molecule has 0 aromatic carbocycles. The molecule has 1 N–H and O–H groups in total. The standard InChI is InChI=1S/C19H36N4O3.HI/c1-6-20-19(23-11-15(4)17(13-23)18(24)25-5)21-9-16-12-22(7-8-26-16)10-14(2)3;/h14-17H,6-13H2,1-5H3,(H,20,21);1H. The Morgan fingerprint density at radius 3 is 2.70 bits per heavy atom. The van der Waals surface area contributed by atoms with Gasteiger partial charge in [0.2, 0.25) is 0 Å². The summed E-state index contributed by atoms with van der Waals surface area (Å²) in [5, 5.41) is 3.36. The Bertz CT molecular complexity index is 490. The Balaban J connectivity index is 0.00000364. The van der Waals surface area contributed by atoms with Gasteiger partial charge in [0.15, 0.2) is 5.96 Å². The number of morpholine rings is 1. The molecule has 0 radical (unpaired) electrons. The molecule has 0 aromatic rings. The number of hydrogen-bond acceptors (Lipinski definition) is 5. The zero-order valence-electron chi connectivity index (χ0n) is 17.4. The fourth-order valence-corrected chi connectivity index (χ4v) is 3.79. The molecule has 0 spiro atoms. The molecule has 0 bridgehead atoms. The van der Waals surface area contributed by atoms with Gasteiger partial charge < -0.3 is 19.7 Å². The molecule has 0 amide bonds. The molecule has 3 unspecified atom stereocenters. The number of hydrogen-bond donors (Lipinski definition) is 1. The highest BCUT2D eigenvalue weighted by Gasteiger charge is 2.37. The lowest BCUT2D eigenvalue weighted by molar-refractivity contribution is -0.145. The van der Waals surface area contributed by atoms with Gasteiger partial charge in [-0.3, -0.25) is 14.7 Å². The number of guanidine groups is 1. The molecule has 2 aliphatic heterocycles. The van der Waals surface area contributed by atoms with E-state index in [-0.39, 0.29) is 47.9 Å². The van der Waals surface area contributed by atoms with Gasteiger partial charge in [-0.05, 0) is 18.8 Å². The van der Waals surface area contributed by atoms with Gasteiger partial charge >= 0.3 is 5.97 Å². The van der Waals surface area contributed by atoms with Crippen molar-refractivity contribution in [2.24, 2.45) is 22.7 Å². The molecule has 8 heteroatoms. The van der Waals surface area contributed by atoms with Crippen LogP contribution in [0.25, 0.3) is 0 Å². The minimum atomic E-state index is -0.129. The van der Waals surface area contributed by atoms with E-state index < -0.39 is 0 Å². The van der Waals surface area contributed by atoms with Crippen LogP contribution in [0.1, 0.15) is 27.7 Å². The van der Waals surface area contributed by atoms with Crippen molar-refractivity contribution in [3.05, 3.63) is 0 Å². The number of methoxy groups -OCH3 is 1. The van der Waals surface area contributed by atoms with Crippen molar-refractivity contribution >= 4 is 35.9 Å². The van der Waals surface area contributed by atoms with Crippen LogP contribution in [0, 0.1) is 17.8 Å². The fourth-order valence-electron chi connectivity index (χ4n) is 3.79. The number of halogens is 1. The number of rotatable bonds is 6. The second-order valence-corrected chi connectivity index (χ2v) is 7.85. The van der Waals surface area contributed by atoms with E-state index in [1.165, 1.54) is 7.11 Å². The first kappa shape index (κ1) is 24.4. The van der Waals surface area contributed by atoms with Crippen molar-refractivity contribution in [1.29, 1.82) is 0 Å². The molecule has 2 fully saturated rings. The number of aliphatic imine (C=N–C) groups is 1. The number of carbonyl (C=O) groups excluding carboxylic acids is 1. The summed E-state index contributed by atoms with van der Waals surface area (Å²) in [6, 6.07) is 0. The fraction of sp³-hybridized carbons (Fsp3) is 0.895. The molecule has 2 saturated heterocycles. The molecule has 2 aliphatic rings. The summed E-state index contributed by atoms with van der Waals surface area (Å²) >= 11 is 0. The number of ether oxygens (including phenoxy) is 2. The molecule has 158 valence electrons. The Morgan fingerprint density at radius 2 is 2.07 bits per heavy atom. The molecule has 0 aromatic heterocycles. The van der Waals surface area contributed by atoms with Crippen LogP contribution < -0.4 is 5.32 Å². The highest BCUT2D eigenvalue weighted by atomic mass is 127. The predicted octanol–water partition coefficient (Wildman–Crippen LogP) is 1.67. The predicted molar refractivity (Wildman–Crippen MR) is 119 cm³/mol. The topological polar surface area (TPSA) is 66.4 Å². The van der Waals surface area contributed by atoms with Crippen LogP contribution in [0.5, 0.6) is 0 Å². The lowest BCUT2D eigenvalue weighted by Crippen LogP contribution is -2.46. The normalized spacial score (nSPS) is 26.8. The second kappa shape index (κ2) is 12.1. The average Bonchev–Trinajstić information content (AvgIpc) is 2.99. The van der Waals surface area contributed by atoms with Gasteiger partial charge in [0.25, 0.3) is 0 Å². The lowest BCUT2D eigenvalue weighted by atomic mass is 9.99. The van der Waals surface area contributed by atoms with E-state index >= 15 is 0 Å². The van der Waals surface area contributed by atoms with Gasteiger partial charge in [-0.25, -0.2) is 0 Å². The zero-order chi connectivity index (χ0) is 19.1. The van der Waals surface area contributed by atoms with Crippen molar-refractivity contribution in [2.45, 2.75) is 33.8 Å². The van der Waals surface area contributed by atoms with E-state index in [1.807, 2.05) is 0 Å². The average molecular weight is 496 g/mol. The first-order chi connectivity index (χ1) is 12.4. The highest BCUT2D eigenvalue weighted by Crippen LogP contribution is 2.24. The SMILES string of the molecule is CCNC(=NCC1CN(CC(C)C)CCO1)N1CC(C)C(C(=O)OC)C1.I. The summed E-state index contributed by atoms with van der Waals surface area (Å²) in [4.78, 5) is 21.4. The van der Waals surface area contributed by atoms with Crippen molar-refractivity contribution in [3.8, 4) is 0 Å². The van der Waals surface area contributed by atoms with Crippen LogP contribution in [-0.4, -0.2) is 87.4 Å². The van der Waals surface area contributed by atoms with Gasteiger partial charge in [-0.1, -0.05) is 20.8 Å². The van der Waals surface area contributed by atoms with E-state index in [4.69, 9.17) is 14.5 Å². The third kappa shape index (κ3) is 7.38. The van der Waals surface area contributed by atoms with Crippen molar-refractivity contribution in [3.63, 3.8) is 0 Å². The largest absolute Gasteiger partial charge is 0.469 e. The maximum Gasteiger partial charge on any atom is 0.310 e. The van der Waals surface area contributed by atoms with E-state index in [9.17, 15) is 4.79 Å². The van der Waals surface area contributed by atoms with Gasteiger partial charge in [0, 0.05) is 39.3 Å². The monoisotopic (exact) mass is 496 g/mol. The summed E-state index contributed by atoms with van der Waals surface area (Å²) < 4.78 is 10.8. The molecule has 27 heavy (non-hydrogen) atoms. The zero-order valence-corrected chi connectivity index (χ0v) is 19.8. The number of nitrogens with zero attached hydrogens (tertiary/aromatic N) is 3. The molecule has 2 heterocycles. The third-order valence-corrected chi connectivity index (χ3v) is 5.04. The maximum atomic E-state index is 11.9. The Kier molecular flexibility index (Phi) is 10.9. The van der Waals surface area contributed by atoms with Crippen LogP contribution in [0.2, 0.25) is 0 Å². The van der Waals surface area contributed by atoms with E-state index in [0.717, 1.165) is 45.3 Å². The molecule has 0 saturated carbocycles. The minimum Gasteiger partial charge on any atom is -0.469 e. The molecule has 7 nitrogen and oxygen atoms in total. The van der Waals surface area contributed by atoms with E-state index in [2.05, 4.69) is 42.8 Å². The maximum absolute atomic E-state index is 11.9. The quantitative estimate of drug-likeness (QED) is 0.261. The van der Waals surface area contributed by atoms with Crippen LogP contribution in [0.4, 0.5) is 0 Å². The third-order valence-electron chi connectivity index (χ3n) is 5.04. The number of carbonyl (C=O) groups is 1. The van der Waals surface area contributed by atoms with Crippen LogP contribution >= 0.6 is 24.0 Å². The molecule has 3 atom stereocenters. The molecular weight excluding hydrogens is 459 g/mol. The minimum absolute atomic E-state index is 0. The smallest absolute Gasteiger partial charge is 0.310 e. The van der Waals surface area contributed by atoms with Crippen LogP contribution in [-0.2, 0) is 14.3 Å². The number of nitrogens with one attached hydrogen (secondary N) is 1. The van der Waals surface area contributed by atoms with Crippen LogP contribution in [0.15, 0.2) is 4.99 Å². The van der Waals surface area contributed by atoms with Gasteiger partial charge in [0.1, 0.15) is 0 Å². The summed E-state index contributed by atoms with van der Waals surface area (Å²) in [7, 11) is 1.46.